The number of halogens is 3. The lowest BCUT2D eigenvalue weighted by Gasteiger charge is -2.16. The van der Waals surface area contributed by atoms with E-state index >= 15 is 0 Å². The maximum absolute atomic E-state index is 12.9. The minimum atomic E-state index is -4.27. The number of hydrogen-bond acceptors (Lipinski definition) is 1. The molecule has 1 fully saturated rings. The Labute approximate surface area is 134 Å². The Morgan fingerprint density at radius 1 is 1.18 bits per heavy atom. The summed E-state index contributed by atoms with van der Waals surface area (Å²) in [6.45, 7) is 1.97. The molecule has 1 saturated carbocycles. The molecule has 0 unspecified atom stereocenters. The second-order valence-corrected chi connectivity index (χ2v) is 6.77. The Morgan fingerprint density at radius 2 is 1.91 bits per heavy atom. The number of hydrogen-bond donors (Lipinski definition) is 0. The van der Waals surface area contributed by atoms with Crippen molar-refractivity contribution in [3.63, 3.8) is 0 Å². The molecule has 2 rings (SSSR count). The monoisotopic (exact) mass is 326 g/mol. The first-order chi connectivity index (χ1) is 10.5. The molecule has 1 aromatic carbocycles. The molecule has 0 aromatic heterocycles. The summed E-state index contributed by atoms with van der Waals surface area (Å²) in [6, 6.07) is 5.31. The highest BCUT2D eigenvalue weighted by atomic mass is 32.2. The topological polar surface area (TPSA) is 0 Å². The quantitative estimate of drug-likeness (QED) is 0.472. The maximum atomic E-state index is 12.9. The first-order valence-electron chi connectivity index (χ1n) is 7.89. The fraction of sp³-hybridized carbons (Fsp3) is 0.556. The van der Waals surface area contributed by atoms with E-state index in [9.17, 15) is 13.2 Å². The average Bonchev–Trinajstić information content (AvgIpc) is 2.47. The van der Waals surface area contributed by atoms with E-state index in [1.54, 1.807) is 12.1 Å². The molecule has 0 nitrogen and oxygen atoms in total. The summed E-state index contributed by atoms with van der Waals surface area (Å²) in [5, 5.41) is 0. The molecule has 0 atom stereocenters. The molecule has 1 aliphatic rings. The van der Waals surface area contributed by atoms with Crippen molar-refractivity contribution in [2.45, 2.75) is 62.3 Å². The fourth-order valence-corrected chi connectivity index (χ4v) is 3.57. The first-order valence-corrected chi connectivity index (χ1v) is 8.70. The normalized spacial score (nSPS) is 16.2. The first kappa shape index (κ1) is 17.3. The minimum Gasteiger partial charge on any atom is -0.160 e. The summed E-state index contributed by atoms with van der Waals surface area (Å²) >= 11 is -0.0220. The van der Waals surface area contributed by atoms with Gasteiger partial charge in [-0.3, -0.25) is 0 Å². The Hall–Kier alpha value is -1.08. The van der Waals surface area contributed by atoms with Gasteiger partial charge in [0.25, 0.3) is 0 Å². The summed E-state index contributed by atoms with van der Waals surface area (Å²) in [7, 11) is 0. The molecule has 1 aliphatic carbocycles. The zero-order valence-electron chi connectivity index (χ0n) is 12.8. The SMILES string of the molecule is CCCc1cccc(C#CC2CCCCC2)c1SC(F)(F)F. The van der Waals surface area contributed by atoms with Crippen molar-refractivity contribution in [1.29, 1.82) is 0 Å². The molecule has 1 aromatic rings. The predicted molar refractivity (Wildman–Crippen MR) is 85.8 cm³/mol. The van der Waals surface area contributed by atoms with Crippen LogP contribution in [0.3, 0.4) is 0 Å². The number of rotatable bonds is 3. The zero-order chi connectivity index (χ0) is 16.0. The van der Waals surface area contributed by atoms with Gasteiger partial charge < -0.3 is 0 Å². The van der Waals surface area contributed by atoms with E-state index in [4.69, 9.17) is 0 Å². The van der Waals surface area contributed by atoms with Gasteiger partial charge in [-0.25, -0.2) is 0 Å². The van der Waals surface area contributed by atoms with Crippen molar-refractivity contribution >= 4 is 11.8 Å². The van der Waals surface area contributed by atoms with E-state index in [2.05, 4.69) is 11.8 Å². The van der Waals surface area contributed by atoms with Crippen molar-refractivity contribution in [3.8, 4) is 11.8 Å². The predicted octanol–water partition coefficient (Wildman–Crippen LogP) is 6.18. The molecule has 0 heterocycles. The molecule has 22 heavy (non-hydrogen) atoms. The highest BCUT2D eigenvalue weighted by Gasteiger charge is 2.31. The van der Waals surface area contributed by atoms with Gasteiger partial charge >= 0.3 is 5.51 Å². The van der Waals surface area contributed by atoms with Gasteiger partial charge in [-0.15, -0.1) is 0 Å². The molecule has 0 bridgehead atoms. The summed E-state index contributed by atoms with van der Waals surface area (Å²) in [5.74, 6) is 6.58. The van der Waals surface area contributed by atoms with E-state index in [1.165, 1.54) is 19.3 Å². The van der Waals surface area contributed by atoms with Crippen LogP contribution in [0, 0.1) is 17.8 Å². The van der Waals surface area contributed by atoms with Crippen LogP contribution in [0.1, 0.15) is 56.6 Å². The molecule has 0 saturated heterocycles. The van der Waals surface area contributed by atoms with Crippen LogP contribution in [-0.4, -0.2) is 5.51 Å². The Morgan fingerprint density at radius 3 is 2.55 bits per heavy atom. The third-order valence-electron chi connectivity index (χ3n) is 3.85. The lowest BCUT2D eigenvalue weighted by Crippen LogP contribution is -2.04. The molecular formula is C18H21F3S. The van der Waals surface area contributed by atoms with Crippen molar-refractivity contribution < 1.29 is 13.2 Å². The minimum absolute atomic E-state index is 0.0220. The van der Waals surface area contributed by atoms with Gasteiger partial charge in [0.05, 0.1) is 0 Å². The van der Waals surface area contributed by atoms with Gasteiger partial charge in [-0.2, -0.15) is 13.2 Å². The fourth-order valence-electron chi connectivity index (χ4n) is 2.81. The summed E-state index contributed by atoms with van der Waals surface area (Å²) in [6.07, 6.45) is 7.23. The van der Waals surface area contributed by atoms with E-state index in [0.29, 0.717) is 22.8 Å². The lowest BCUT2D eigenvalue weighted by molar-refractivity contribution is -0.0328. The van der Waals surface area contributed by atoms with Gasteiger partial charge in [0.2, 0.25) is 0 Å². The highest BCUT2D eigenvalue weighted by molar-refractivity contribution is 8.00. The van der Waals surface area contributed by atoms with Crippen LogP contribution in [0.4, 0.5) is 13.2 Å². The van der Waals surface area contributed by atoms with Crippen LogP contribution in [0.5, 0.6) is 0 Å². The van der Waals surface area contributed by atoms with Crippen LogP contribution in [-0.2, 0) is 6.42 Å². The molecule has 120 valence electrons. The van der Waals surface area contributed by atoms with E-state index in [1.807, 2.05) is 13.0 Å². The largest absolute Gasteiger partial charge is 0.446 e. The van der Waals surface area contributed by atoms with Crippen LogP contribution in [0.15, 0.2) is 23.1 Å². The second-order valence-electron chi connectivity index (χ2n) is 5.70. The van der Waals surface area contributed by atoms with Crippen molar-refractivity contribution in [1.82, 2.24) is 0 Å². The number of aryl methyl sites for hydroxylation is 1. The third kappa shape index (κ3) is 5.28. The molecule has 0 amide bonds. The van der Waals surface area contributed by atoms with Gasteiger partial charge in [0.1, 0.15) is 0 Å². The van der Waals surface area contributed by atoms with Crippen LogP contribution in [0.25, 0.3) is 0 Å². The molecular weight excluding hydrogens is 305 g/mol. The Balaban J connectivity index is 2.28. The second kappa shape index (κ2) is 7.97. The van der Waals surface area contributed by atoms with Gasteiger partial charge in [-0.1, -0.05) is 56.6 Å². The smallest absolute Gasteiger partial charge is 0.160 e. The molecule has 0 aliphatic heterocycles. The zero-order valence-corrected chi connectivity index (χ0v) is 13.6. The molecule has 4 heteroatoms. The number of thioether (sulfide) groups is 1. The molecule has 0 radical (unpaired) electrons. The van der Waals surface area contributed by atoms with Gasteiger partial charge in [0, 0.05) is 16.4 Å². The number of benzene rings is 1. The van der Waals surface area contributed by atoms with E-state index in [-0.39, 0.29) is 11.8 Å². The highest BCUT2D eigenvalue weighted by Crippen LogP contribution is 2.40. The summed E-state index contributed by atoms with van der Waals surface area (Å²) < 4.78 is 38.6. The average molecular weight is 326 g/mol. The summed E-state index contributed by atoms with van der Waals surface area (Å²) in [4.78, 5) is 0.292. The lowest BCUT2D eigenvalue weighted by atomic mass is 9.89. The van der Waals surface area contributed by atoms with Crippen LogP contribution in [0.2, 0.25) is 0 Å². The third-order valence-corrected chi connectivity index (χ3v) is 4.77. The maximum Gasteiger partial charge on any atom is 0.446 e. The Kier molecular flexibility index (Phi) is 6.26. The molecule has 0 spiro atoms. The van der Waals surface area contributed by atoms with Gasteiger partial charge in [-0.05, 0) is 42.7 Å². The van der Waals surface area contributed by atoms with Gasteiger partial charge in [0.15, 0.2) is 0 Å². The van der Waals surface area contributed by atoms with Crippen LogP contribution >= 0.6 is 11.8 Å². The van der Waals surface area contributed by atoms with Crippen molar-refractivity contribution in [2.75, 3.05) is 0 Å². The van der Waals surface area contributed by atoms with E-state index < -0.39 is 5.51 Å². The van der Waals surface area contributed by atoms with Crippen molar-refractivity contribution in [3.05, 3.63) is 29.3 Å². The van der Waals surface area contributed by atoms with Crippen molar-refractivity contribution in [2.24, 2.45) is 5.92 Å². The Bertz CT molecular complexity index is 546. The van der Waals surface area contributed by atoms with E-state index in [0.717, 1.165) is 24.8 Å². The summed E-state index contributed by atoms with van der Waals surface area (Å²) in [5.41, 5.74) is -3.00. The van der Waals surface area contributed by atoms with Crippen LogP contribution < -0.4 is 0 Å². The number of alkyl halides is 3. The standard InChI is InChI=1S/C18H21F3S/c1-2-7-15-10-6-11-16(17(15)22-18(19,20)21)13-12-14-8-4-3-5-9-14/h6,10-11,14H,2-5,7-9H2,1H3. The molecule has 0 N–H and O–H groups in total.